The Bertz CT molecular complexity index is 1020. The van der Waals surface area contributed by atoms with Gasteiger partial charge in [0.2, 0.25) is 6.41 Å². The molecule has 1 unspecified atom stereocenters. The molecule has 0 aliphatic carbocycles. The molecule has 0 saturated carbocycles. The third kappa shape index (κ3) is 6.23. The smallest absolute Gasteiger partial charge is 0.212 e. The molecule has 1 saturated heterocycles. The lowest BCUT2D eigenvalue weighted by Crippen LogP contribution is -2.37. The topological polar surface area (TPSA) is 127 Å². The van der Waals surface area contributed by atoms with E-state index in [2.05, 4.69) is 32.5 Å². The molecule has 4 rings (SSSR count). The molecule has 2 aromatic heterocycles. The monoisotopic (exact) mass is 445 g/mol. The lowest BCUT2D eigenvalue weighted by atomic mass is 10.3. The van der Waals surface area contributed by atoms with Crippen LogP contribution in [-0.2, 0) is 20.5 Å². The van der Waals surface area contributed by atoms with Crippen LogP contribution in [0.25, 0.3) is 5.65 Å². The Kier molecular flexibility index (Phi) is 8.33. The number of ether oxygens (including phenoxy) is 1. The Labute approximate surface area is 183 Å². The number of nitrogens with zero attached hydrogens (tertiary/aromatic N) is 4. The van der Waals surface area contributed by atoms with Gasteiger partial charge in [-0.15, -0.1) is 0 Å². The highest BCUT2D eigenvalue weighted by molar-refractivity contribution is 7.82. The average molecular weight is 446 g/mol. The number of aromatic nitrogens is 3. The maximum Gasteiger partial charge on any atom is 0.212 e. The van der Waals surface area contributed by atoms with Gasteiger partial charge in [-0.05, 0) is 24.6 Å². The van der Waals surface area contributed by atoms with Crippen molar-refractivity contribution in [3.63, 3.8) is 0 Å². The number of hydrogen-bond acceptors (Lipinski definition) is 7. The van der Waals surface area contributed by atoms with Gasteiger partial charge in [-0.25, -0.2) is 14.3 Å². The summed E-state index contributed by atoms with van der Waals surface area (Å²) in [7, 11) is -1.38. The predicted molar refractivity (Wildman–Crippen MR) is 122 cm³/mol. The molecule has 0 radical (unpaired) electrons. The number of carbonyl (C=O) groups is 1. The maximum absolute atomic E-state index is 10.9. The van der Waals surface area contributed by atoms with E-state index < -0.39 is 11.0 Å². The Hall–Kier alpha value is -3.02. The van der Waals surface area contributed by atoms with Crippen molar-refractivity contribution in [2.75, 3.05) is 48.4 Å². The van der Waals surface area contributed by atoms with Gasteiger partial charge in [-0.3, -0.25) is 4.79 Å². The van der Waals surface area contributed by atoms with E-state index in [0.29, 0.717) is 36.0 Å². The summed E-state index contributed by atoms with van der Waals surface area (Å²) in [5.41, 5.74) is 1.68. The first-order valence-electron chi connectivity index (χ1n) is 10.00. The average Bonchev–Trinajstić information content (AvgIpc) is 3.27. The highest BCUT2D eigenvalue weighted by Gasteiger charge is 2.16. The number of hydrogen-bond donors (Lipinski definition) is 3. The maximum atomic E-state index is 10.9. The standard InChI is InChI=1S/C11H13N5O2.C9H14N2OS/c17-8-12-9-7-11(15-3-5-18-6-4-15)16-10(14-9)1-2-13-16;1-2-6-11-8-4-3-5-9(7-8)13(10)12/h1-2,7-8H,3-6H2,(H,12,14,17);3-5,7,11H,2,6,10H2,1H3. The minimum Gasteiger partial charge on any atom is -0.385 e. The number of anilines is 3. The zero-order valence-corrected chi connectivity index (χ0v) is 18.2. The molecule has 10 nitrogen and oxygen atoms in total. The summed E-state index contributed by atoms with van der Waals surface area (Å²) in [6, 6.07) is 11.0. The molecule has 1 amide bonds. The Morgan fingerprint density at radius 2 is 2.06 bits per heavy atom. The molecular weight excluding hydrogens is 418 g/mol. The SMILES string of the molecule is CCCNc1cccc(S(N)=O)c1.O=CNc1cc(N2CCOCC2)n2nccc2n1. The molecule has 0 bridgehead atoms. The fourth-order valence-electron chi connectivity index (χ4n) is 3.05. The summed E-state index contributed by atoms with van der Waals surface area (Å²) >= 11 is 0. The second-order valence-corrected chi connectivity index (χ2v) is 7.78. The van der Waals surface area contributed by atoms with Gasteiger partial charge in [-0.2, -0.15) is 9.61 Å². The number of rotatable bonds is 7. The van der Waals surface area contributed by atoms with E-state index in [4.69, 9.17) is 9.88 Å². The number of nitrogens with one attached hydrogen (secondary N) is 2. The molecule has 31 heavy (non-hydrogen) atoms. The Balaban J connectivity index is 0.000000187. The van der Waals surface area contributed by atoms with Gasteiger partial charge in [0.15, 0.2) is 5.65 Å². The zero-order chi connectivity index (χ0) is 22.1. The second-order valence-electron chi connectivity index (χ2n) is 6.71. The molecule has 1 aliphatic rings. The van der Waals surface area contributed by atoms with Crippen molar-refractivity contribution in [1.29, 1.82) is 0 Å². The van der Waals surface area contributed by atoms with Gasteiger partial charge in [0, 0.05) is 37.5 Å². The van der Waals surface area contributed by atoms with Gasteiger partial charge in [0.05, 0.1) is 24.3 Å². The Morgan fingerprint density at radius 1 is 1.26 bits per heavy atom. The first-order valence-corrected chi connectivity index (χ1v) is 11.2. The van der Waals surface area contributed by atoms with E-state index in [9.17, 15) is 9.00 Å². The quantitative estimate of drug-likeness (QED) is 0.472. The van der Waals surface area contributed by atoms with Crippen LogP contribution in [0, 0.1) is 0 Å². The highest BCUT2D eigenvalue weighted by atomic mass is 32.2. The summed E-state index contributed by atoms with van der Waals surface area (Å²) in [6.07, 6.45) is 3.38. The first kappa shape index (κ1) is 22.7. The van der Waals surface area contributed by atoms with Crippen LogP contribution in [0.5, 0.6) is 0 Å². The van der Waals surface area contributed by atoms with E-state index in [0.717, 1.165) is 37.6 Å². The van der Waals surface area contributed by atoms with Crippen LogP contribution in [0.3, 0.4) is 0 Å². The Morgan fingerprint density at radius 3 is 2.77 bits per heavy atom. The van der Waals surface area contributed by atoms with Crippen molar-refractivity contribution in [3.05, 3.63) is 42.6 Å². The molecular formula is C20H27N7O3S. The number of amides is 1. The molecule has 0 spiro atoms. The lowest BCUT2D eigenvalue weighted by molar-refractivity contribution is -0.105. The van der Waals surface area contributed by atoms with Gasteiger partial charge < -0.3 is 20.3 Å². The second kappa shape index (κ2) is 11.4. The molecule has 166 valence electrons. The van der Waals surface area contributed by atoms with Gasteiger partial charge >= 0.3 is 0 Å². The van der Waals surface area contributed by atoms with E-state index in [-0.39, 0.29) is 0 Å². The molecule has 1 aromatic carbocycles. The van der Waals surface area contributed by atoms with Gasteiger partial charge in [-0.1, -0.05) is 13.0 Å². The lowest BCUT2D eigenvalue weighted by Gasteiger charge is -2.29. The molecule has 11 heteroatoms. The van der Waals surface area contributed by atoms with E-state index >= 15 is 0 Å². The largest absolute Gasteiger partial charge is 0.385 e. The predicted octanol–water partition coefficient (Wildman–Crippen LogP) is 1.62. The summed E-state index contributed by atoms with van der Waals surface area (Å²) in [4.78, 5) is 17.6. The molecule has 1 aliphatic heterocycles. The summed E-state index contributed by atoms with van der Waals surface area (Å²) in [5.74, 6) is 1.44. The molecule has 1 fully saturated rings. The number of benzene rings is 1. The van der Waals surface area contributed by atoms with Crippen LogP contribution >= 0.6 is 0 Å². The fourth-order valence-corrected chi connectivity index (χ4v) is 3.51. The van der Waals surface area contributed by atoms with E-state index in [1.165, 1.54) is 0 Å². The number of carbonyl (C=O) groups excluding carboxylic acids is 1. The summed E-state index contributed by atoms with van der Waals surface area (Å²) in [6.45, 7) is 6.01. The van der Waals surface area contributed by atoms with Crippen LogP contribution < -0.4 is 20.7 Å². The third-order valence-electron chi connectivity index (χ3n) is 4.53. The van der Waals surface area contributed by atoms with Crippen LogP contribution in [0.1, 0.15) is 13.3 Å². The van der Waals surface area contributed by atoms with Crippen LogP contribution in [0.4, 0.5) is 17.3 Å². The van der Waals surface area contributed by atoms with Crippen molar-refractivity contribution < 1.29 is 13.7 Å². The molecule has 3 aromatic rings. The number of nitrogens with two attached hydrogens (primary N) is 1. The normalized spacial score (nSPS) is 14.5. The van der Waals surface area contributed by atoms with Crippen molar-refractivity contribution in [3.8, 4) is 0 Å². The van der Waals surface area contributed by atoms with Crippen molar-refractivity contribution in [2.24, 2.45) is 5.14 Å². The van der Waals surface area contributed by atoms with E-state index in [1.807, 2.05) is 24.3 Å². The first-order chi connectivity index (χ1) is 15.1. The fraction of sp³-hybridized carbons (Fsp3) is 0.350. The van der Waals surface area contributed by atoms with E-state index in [1.54, 1.807) is 22.8 Å². The highest BCUT2D eigenvalue weighted by Crippen LogP contribution is 2.20. The molecule has 1 atom stereocenters. The van der Waals surface area contributed by atoms with Gasteiger partial charge in [0.1, 0.15) is 22.6 Å². The van der Waals surface area contributed by atoms with Crippen molar-refractivity contribution in [2.45, 2.75) is 18.2 Å². The van der Waals surface area contributed by atoms with Gasteiger partial charge in [0.25, 0.3) is 0 Å². The summed E-state index contributed by atoms with van der Waals surface area (Å²) in [5, 5.41) is 15.3. The number of fused-ring (bicyclic) bond motifs is 1. The minimum absolute atomic E-state index is 0.527. The third-order valence-corrected chi connectivity index (χ3v) is 5.25. The zero-order valence-electron chi connectivity index (χ0n) is 17.4. The van der Waals surface area contributed by atoms with Crippen LogP contribution in [0.15, 0.2) is 47.5 Å². The van der Waals surface area contributed by atoms with Crippen molar-refractivity contribution in [1.82, 2.24) is 14.6 Å². The van der Waals surface area contributed by atoms with Crippen LogP contribution in [-0.4, -0.2) is 58.1 Å². The minimum atomic E-state index is -1.38. The van der Waals surface area contributed by atoms with Crippen LogP contribution in [0.2, 0.25) is 0 Å². The van der Waals surface area contributed by atoms with Crippen molar-refractivity contribution >= 4 is 40.4 Å². The summed E-state index contributed by atoms with van der Waals surface area (Å²) < 4.78 is 18.0. The molecule has 3 heterocycles. The number of morpholine rings is 1. The molecule has 4 N–H and O–H groups in total.